The van der Waals surface area contributed by atoms with Gasteiger partial charge in [-0.15, -0.1) is 0 Å². The highest BCUT2D eigenvalue weighted by Gasteiger charge is 2.51. The van der Waals surface area contributed by atoms with Gasteiger partial charge in [0.15, 0.2) is 0 Å². The van der Waals surface area contributed by atoms with E-state index in [2.05, 4.69) is 20.8 Å². The van der Waals surface area contributed by atoms with E-state index in [-0.39, 0.29) is 41.1 Å². The third-order valence-electron chi connectivity index (χ3n) is 5.37. The lowest BCUT2D eigenvalue weighted by atomic mass is 9.97. The Morgan fingerprint density at radius 3 is 2.55 bits per heavy atom. The molecule has 1 aliphatic rings. The van der Waals surface area contributed by atoms with E-state index in [0.29, 0.717) is 24.2 Å². The summed E-state index contributed by atoms with van der Waals surface area (Å²) >= 11 is 5.70. The fourth-order valence-corrected chi connectivity index (χ4v) is 3.54. The quantitative estimate of drug-likeness (QED) is 0.434. The molecule has 1 amide bonds. The van der Waals surface area contributed by atoms with Gasteiger partial charge in [-0.3, -0.25) is 14.6 Å². The predicted molar refractivity (Wildman–Crippen MR) is 113 cm³/mol. The Labute approximate surface area is 191 Å². The Morgan fingerprint density at radius 1 is 1.15 bits per heavy atom. The van der Waals surface area contributed by atoms with E-state index in [0.717, 1.165) is 6.07 Å². The first-order valence-corrected chi connectivity index (χ1v) is 10.3. The molecule has 1 saturated carbocycles. The topological polar surface area (TPSA) is 97.1 Å². The van der Waals surface area contributed by atoms with Crippen molar-refractivity contribution in [3.05, 3.63) is 70.8 Å². The van der Waals surface area contributed by atoms with Crippen molar-refractivity contribution in [2.45, 2.75) is 32.0 Å². The van der Waals surface area contributed by atoms with Crippen molar-refractivity contribution < 1.29 is 27.3 Å². The number of pyridine rings is 1. The van der Waals surface area contributed by atoms with Gasteiger partial charge in [-0.25, -0.2) is 0 Å². The summed E-state index contributed by atoms with van der Waals surface area (Å²) < 4.78 is 44.6. The molecule has 2 heterocycles. The van der Waals surface area contributed by atoms with Crippen LogP contribution in [0.4, 0.5) is 24.5 Å². The summed E-state index contributed by atoms with van der Waals surface area (Å²) in [4.78, 5) is 29.0. The minimum Gasteiger partial charge on any atom is -0.354 e. The molecule has 2 N–H and O–H groups in total. The minimum absolute atomic E-state index is 0.0203. The number of halogens is 4. The summed E-state index contributed by atoms with van der Waals surface area (Å²) in [5.41, 5.74) is -0.941. The minimum atomic E-state index is -4.57. The van der Waals surface area contributed by atoms with Crippen LogP contribution in [0.15, 0.2) is 53.3 Å². The first-order valence-electron chi connectivity index (χ1n) is 9.97. The molecule has 0 bridgehead atoms. The van der Waals surface area contributed by atoms with Crippen molar-refractivity contribution >= 4 is 34.7 Å². The number of rotatable bonds is 8. The van der Waals surface area contributed by atoms with Gasteiger partial charge in [-0.05, 0) is 43.2 Å². The van der Waals surface area contributed by atoms with Crippen LogP contribution in [0.1, 0.15) is 41.1 Å². The van der Waals surface area contributed by atoms with Gasteiger partial charge in [0.1, 0.15) is 0 Å². The first kappa shape index (κ1) is 22.8. The number of amides is 1. The summed E-state index contributed by atoms with van der Waals surface area (Å²) in [5, 5.41) is 8.94. The van der Waals surface area contributed by atoms with E-state index < -0.39 is 17.2 Å². The highest BCUT2D eigenvalue weighted by Crippen LogP contribution is 2.49. The molecular formula is C22H18ClF3N4O3. The summed E-state index contributed by atoms with van der Waals surface area (Å²) in [7, 11) is 0. The SMILES string of the molecule is O=C(CC1(C(=O)NCc2ccc(Nc3ccc(Cl)cc3C(F)(F)F)cn2)CC1)c1ccno1. The summed E-state index contributed by atoms with van der Waals surface area (Å²) in [6.07, 6.45) is -0.606. The van der Waals surface area contributed by atoms with Crippen LogP contribution in [0.2, 0.25) is 5.02 Å². The molecule has 172 valence electrons. The number of carbonyl (C=O) groups is 2. The maximum Gasteiger partial charge on any atom is 0.418 e. The van der Waals surface area contributed by atoms with Crippen LogP contribution < -0.4 is 10.6 Å². The van der Waals surface area contributed by atoms with Gasteiger partial charge in [-0.1, -0.05) is 16.8 Å². The Bertz CT molecular complexity index is 1160. The van der Waals surface area contributed by atoms with Crippen LogP contribution in [-0.2, 0) is 17.5 Å². The van der Waals surface area contributed by atoms with Crippen LogP contribution in [0.5, 0.6) is 0 Å². The zero-order valence-corrected chi connectivity index (χ0v) is 17.8. The molecule has 0 saturated heterocycles. The van der Waals surface area contributed by atoms with Crippen molar-refractivity contribution in [2.24, 2.45) is 5.41 Å². The van der Waals surface area contributed by atoms with E-state index in [1.54, 1.807) is 12.1 Å². The lowest BCUT2D eigenvalue weighted by Gasteiger charge is -2.15. The molecule has 2 aromatic heterocycles. The second-order valence-corrected chi connectivity index (χ2v) is 8.23. The fourth-order valence-electron chi connectivity index (χ4n) is 3.37. The number of anilines is 2. The molecule has 1 fully saturated rings. The fraction of sp³-hybridized carbons (Fsp3) is 0.273. The molecule has 3 aromatic rings. The second-order valence-electron chi connectivity index (χ2n) is 7.79. The monoisotopic (exact) mass is 478 g/mol. The third kappa shape index (κ3) is 5.33. The smallest absolute Gasteiger partial charge is 0.354 e. The molecule has 11 heteroatoms. The highest BCUT2D eigenvalue weighted by molar-refractivity contribution is 6.30. The molecule has 7 nitrogen and oxygen atoms in total. The number of Topliss-reactive ketones (excluding diaryl/α,β-unsaturated/α-hetero) is 1. The summed E-state index contributed by atoms with van der Waals surface area (Å²) in [6, 6.07) is 8.06. The van der Waals surface area contributed by atoms with Crippen LogP contribution in [0.25, 0.3) is 0 Å². The summed E-state index contributed by atoms with van der Waals surface area (Å²) in [5.74, 6) is -0.419. The van der Waals surface area contributed by atoms with Gasteiger partial charge in [0, 0.05) is 17.5 Å². The molecule has 1 aliphatic carbocycles. The Kier molecular flexibility index (Phi) is 6.11. The van der Waals surface area contributed by atoms with E-state index in [1.807, 2.05) is 0 Å². The van der Waals surface area contributed by atoms with E-state index in [1.165, 1.54) is 30.6 Å². The zero-order valence-electron chi connectivity index (χ0n) is 17.1. The third-order valence-corrected chi connectivity index (χ3v) is 5.60. The van der Waals surface area contributed by atoms with Crippen molar-refractivity contribution in [3.63, 3.8) is 0 Å². The van der Waals surface area contributed by atoms with Crippen LogP contribution in [-0.4, -0.2) is 21.8 Å². The van der Waals surface area contributed by atoms with Gasteiger partial charge in [0.05, 0.1) is 47.0 Å². The number of hydrogen-bond donors (Lipinski definition) is 2. The molecule has 0 unspecified atom stereocenters. The standard InChI is InChI=1S/C22H18ClF3N4O3/c23-13-1-4-17(16(9-13)22(24,25)26)30-15-3-2-14(27-12-15)11-28-20(32)21(6-7-21)10-18(31)19-5-8-29-33-19/h1-5,8-9,12,30H,6-7,10-11H2,(H,28,32). The molecule has 0 radical (unpaired) electrons. The lowest BCUT2D eigenvalue weighted by Crippen LogP contribution is -2.33. The Hall–Kier alpha value is -3.40. The zero-order chi connectivity index (χ0) is 23.6. The number of alkyl halides is 3. The maximum atomic E-state index is 13.2. The van der Waals surface area contributed by atoms with Crippen molar-refractivity contribution in [2.75, 3.05) is 5.32 Å². The largest absolute Gasteiger partial charge is 0.418 e. The van der Waals surface area contributed by atoms with E-state index in [4.69, 9.17) is 16.1 Å². The molecule has 4 rings (SSSR count). The Balaban J connectivity index is 1.35. The van der Waals surface area contributed by atoms with Gasteiger partial charge < -0.3 is 15.2 Å². The normalized spacial score (nSPS) is 14.5. The molecule has 33 heavy (non-hydrogen) atoms. The average molecular weight is 479 g/mol. The van der Waals surface area contributed by atoms with Crippen LogP contribution in [0.3, 0.4) is 0 Å². The van der Waals surface area contributed by atoms with Crippen LogP contribution in [0, 0.1) is 5.41 Å². The Morgan fingerprint density at radius 2 is 1.94 bits per heavy atom. The molecule has 0 aliphatic heterocycles. The lowest BCUT2D eigenvalue weighted by molar-refractivity contribution is -0.137. The van der Waals surface area contributed by atoms with Gasteiger partial charge >= 0.3 is 6.18 Å². The molecular weight excluding hydrogens is 461 g/mol. The predicted octanol–water partition coefficient (Wildman–Crippen LogP) is 5.15. The first-order chi connectivity index (χ1) is 15.7. The van der Waals surface area contributed by atoms with Gasteiger partial charge in [0.2, 0.25) is 17.5 Å². The number of ketones is 1. The van der Waals surface area contributed by atoms with Gasteiger partial charge in [-0.2, -0.15) is 13.2 Å². The van der Waals surface area contributed by atoms with Crippen molar-refractivity contribution in [1.29, 1.82) is 0 Å². The van der Waals surface area contributed by atoms with E-state index in [9.17, 15) is 22.8 Å². The maximum absolute atomic E-state index is 13.2. The summed E-state index contributed by atoms with van der Waals surface area (Å²) in [6.45, 7) is 0.117. The van der Waals surface area contributed by atoms with E-state index >= 15 is 0 Å². The molecule has 0 atom stereocenters. The van der Waals surface area contributed by atoms with Crippen molar-refractivity contribution in [1.82, 2.24) is 15.5 Å². The number of nitrogens with zero attached hydrogens (tertiary/aromatic N) is 2. The number of nitrogens with one attached hydrogen (secondary N) is 2. The number of carbonyl (C=O) groups excluding carboxylic acids is 2. The van der Waals surface area contributed by atoms with Gasteiger partial charge in [0.25, 0.3) is 0 Å². The number of hydrogen-bond acceptors (Lipinski definition) is 6. The highest BCUT2D eigenvalue weighted by atomic mass is 35.5. The number of benzene rings is 1. The van der Waals surface area contributed by atoms with Crippen molar-refractivity contribution in [3.8, 4) is 0 Å². The second kappa shape index (κ2) is 8.86. The number of aromatic nitrogens is 2. The average Bonchev–Trinajstić information content (AvgIpc) is 3.33. The van der Waals surface area contributed by atoms with Crippen LogP contribution >= 0.6 is 11.6 Å². The molecule has 1 aromatic carbocycles. The molecule has 0 spiro atoms.